The van der Waals surface area contributed by atoms with Crippen molar-refractivity contribution >= 4 is 0 Å². The molecule has 0 aromatic heterocycles. The normalized spacial score (nSPS) is 30.2. The molecule has 2 heteroatoms. The van der Waals surface area contributed by atoms with Gasteiger partial charge in [-0.1, -0.05) is 13.3 Å². The zero-order chi connectivity index (χ0) is 9.86. The molecule has 1 heterocycles. The van der Waals surface area contributed by atoms with Gasteiger partial charge in [0.25, 0.3) is 0 Å². The third-order valence-electron chi connectivity index (χ3n) is 3.78. The fraction of sp³-hybridized carbons (Fsp3) is 1.00. The molecule has 2 nitrogen and oxygen atoms in total. The third kappa shape index (κ3) is 2.71. The SMILES string of the molecule is CC1(CNCCC2CCCO2)CCC1. The second-order valence-corrected chi connectivity index (χ2v) is 5.26. The molecule has 1 saturated heterocycles. The van der Waals surface area contributed by atoms with Gasteiger partial charge in [-0.2, -0.15) is 0 Å². The summed E-state index contributed by atoms with van der Waals surface area (Å²) < 4.78 is 5.59. The first-order valence-corrected chi connectivity index (χ1v) is 6.11. The number of hydrogen-bond acceptors (Lipinski definition) is 2. The van der Waals surface area contributed by atoms with Crippen molar-refractivity contribution in [3.8, 4) is 0 Å². The van der Waals surface area contributed by atoms with Gasteiger partial charge in [-0.3, -0.25) is 0 Å². The summed E-state index contributed by atoms with van der Waals surface area (Å²) in [6.45, 7) is 5.73. The van der Waals surface area contributed by atoms with Crippen molar-refractivity contribution in [2.75, 3.05) is 19.7 Å². The largest absolute Gasteiger partial charge is 0.378 e. The molecule has 2 rings (SSSR count). The van der Waals surface area contributed by atoms with Crippen molar-refractivity contribution in [3.05, 3.63) is 0 Å². The van der Waals surface area contributed by atoms with Crippen LogP contribution in [-0.2, 0) is 4.74 Å². The summed E-state index contributed by atoms with van der Waals surface area (Å²) in [5.41, 5.74) is 0.622. The quantitative estimate of drug-likeness (QED) is 0.683. The standard InChI is InChI=1S/C12H23NO/c1-12(6-3-7-12)10-13-8-5-11-4-2-9-14-11/h11,13H,2-10H2,1H3. The first-order valence-electron chi connectivity index (χ1n) is 6.11. The molecule has 1 atom stereocenters. The molecule has 0 aromatic carbocycles. The summed E-state index contributed by atoms with van der Waals surface area (Å²) in [6.07, 6.45) is 8.57. The average Bonchev–Trinajstić information content (AvgIpc) is 2.62. The van der Waals surface area contributed by atoms with E-state index in [2.05, 4.69) is 12.2 Å². The molecule has 82 valence electrons. The van der Waals surface area contributed by atoms with Gasteiger partial charge in [0.2, 0.25) is 0 Å². The van der Waals surface area contributed by atoms with Crippen molar-refractivity contribution in [1.29, 1.82) is 0 Å². The molecule has 0 aromatic rings. The van der Waals surface area contributed by atoms with Crippen LogP contribution in [0.3, 0.4) is 0 Å². The lowest BCUT2D eigenvalue weighted by atomic mass is 9.70. The molecule has 1 unspecified atom stereocenters. The van der Waals surface area contributed by atoms with Gasteiger partial charge in [0.05, 0.1) is 6.10 Å². The molecule has 14 heavy (non-hydrogen) atoms. The van der Waals surface area contributed by atoms with E-state index in [0.717, 1.165) is 13.2 Å². The Bertz CT molecular complexity index is 171. The monoisotopic (exact) mass is 197 g/mol. The first-order chi connectivity index (χ1) is 6.79. The van der Waals surface area contributed by atoms with Crippen LogP contribution in [0.2, 0.25) is 0 Å². The van der Waals surface area contributed by atoms with Gasteiger partial charge in [-0.05, 0) is 44.1 Å². The molecular weight excluding hydrogens is 174 g/mol. The molecule has 1 aliphatic carbocycles. The van der Waals surface area contributed by atoms with Gasteiger partial charge in [-0.25, -0.2) is 0 Å². The zero-order valence-electron chi connectivity index (χ0n) is 9.35. The lowest BCUT2D eigenvalue weighted by Gasteiger charge is -2.38. The molecular formula is C12H23NO. The van der Waals surface area contributed by atoms with E-state index in [4.69, 9.17) is 4.74 Å². The molecule has 2 fully saturated rings. The molecule has 2 aliphatic rings. The van der Waals surface area contributed by atoms with Gasteiger partial charge in [-0.15, -0.1) is 0 Å². The van der Waals surface area contributed by atoms with E-state index in [1.165, 1.54) is 45.1 Å². The summed E-state index contributed by atoms with van der Waals surface area (Å²) in [5.74, 6) is 0. The molecule has 1 N–H and O–H groups in total. The topological polar surface area (TPSA) is 21.3 Å². The average molecular weight is 197 g/mol. The zero-order valence-corrected chi connectivity index (χ0v) is 9.35. The predicted molar refractivity (Wildman–Crippen MR) is 58.4 cm³/mol. The molecule has 1 aliphatic heterocycles. The Morgan fingerprint density at radius 2 is 2.21 bits per heavy atom. The van der Waals surface area contributed by atoms with Gasteiger partial charge in [0, 0.05) is 13.2 Å². The minimum absolute atomic E-state index is 0.552. The third-order valence-corrected chi connectivity index (χ3v) is 3.78. The highest BCUT2D eigenvalue weighted by Gasteiger charge is 2.30. The van der Waals surface area contributed by atoms with Crippen LogP contribution >= 0.6 is 0 Å². The van der Waals surface area contributed by atoms with E-state index >= 15 is 0 Å². The molecule has 0 radical (unpaired) electrons. The molecule has 0 bridgehead atoms. The second-order valence-electron chi connectivity index (χ2n) is 5.26. The number of hydrogen-bond donors (Lipinski definition) is 1. The lowest BCUT2D eigenvalue weighted by molar-refractivity contribution is 0.100. The maximum absolute atomic E-state index is 5.59. The molecule has 0 spiro atoms. The van der Waals surface area contributed by atoms with Crippen LogP contribution < -0.4 is 5.32 Å². The van der Waals surface area contributed by atoms with Gasteiger partial charge in [0.15, 0.2) is 0 Å². The van der Waals surface area contributed by atoms with E-state index in [-0.39, 0.29) is 0 Å². The van der Waals surface area contributed by atoms with Crippen LogP contribution in [0, 0.1) is 5.41 Å². The van der Waals surface area contributed by atoms with Gasteiger partial charge in [0.1, 0.15) is 0 Å². The van der Waals surface area contributed by atoms with Gasteiger partial charge >= 0.3 is 0 Å². The Morgan fingerprint density at radius 3 is 2.79 bits per heavy atom. The number of ether oxygens (including phenoxy) is 1. The highest BCUT2D eigenvalue weighted by Crippen LogP contribution is 2.39. The van der Waals surface area contributed by atoms with Crippen molar-refractivity contribution in [2.24, 2.45) is 5.41 Å². The first kappa shape index (κ1) is 10.4. The van der Waals surface area contributed by atoms with Crippen LogP contribution in [0.25, 0.3) is 0 Å². The minimum Gasteiger partial charge on any atom is -0.378 e. The van der Waals surface area contributed by atoms with E-state index < -0.39 is 0 Å². The Morgan fingerprint density at radius 1 is 1.36 bits per heavy atom. The molecule has 0 amide bonds. The maximum atomic E-state index is 5.59. The van der Waals surface area contributed by atoms with E-state index in [1.54, 1.807) is 0 Å². The fourth-order valence-electron chi connectivity index (χ4n) is 2.48. The Hall–Kier alpha value is -0.0800. The van der Waals surface area contributed by atoms with Gasteiger partial charge < -0.3 is 10.1 Å². The summed E-state index contributed by atoms with van der Waals surface area (Å²) in [6, 6.07) is 0. The smallest absolute Gasteiger partial charge is 0.0588 e. The lowest BCUT2D eigenvalue weighted by Crippen LogP contribution is -2.38. The van der Waals surface area contributed by atoms with Crippen LogP contribution in [-0.4, -0.2) is 25.8 Å². The highest BCUT2D eigenvalue weighted by atomic mass is 16.5. The second kappa shape index (κ2) is 4.63. The van der Waals surface area contributed by atoms with E-state index in [1.807, 2.05) is 0 Å². The van der Waals surface area contributed by atoms with Crippen molar-refractivity contribution in [2.45, 2.75) is 51.6 Å². The highest BCUT2D eigenvalue weighted by molar-refractivity contribution is 4.85. The van der Waals surface area contributed by atoms with E-state index in [0.29, 0.717) is 11.5 Å². The predicted octanol–water partition coefficient (Wildman–Crippen LogP) is 2.34. The van der Waals surface area contributed by atoms with E-state index in [9.17, 15) is 0 Å². The Balaban J connectivity index is 1.50. The molecule has 1 saturated carbocycles. The Kier molecular flexibility index (Phi) is 3.45. The van der Waals surface area contributed by atoms with Crippen molar-refractivity contribution in [3.63, 3.8) is 0 Å². The van der Waals surface area contributed by atoms with Crippen LogP contribution in [0.1, 0.15) is 45.4 Å². The fourth-order valence-corrected chi connectivity index (χ4v) is 2.48. The Labute approximate surface area is 87.4 Å². The number of nitrogens with one attached hydrogen (secondary N) is 1. The summed E-state index contributed by atoms with van der Waals surface area (Å²) >= 11 is 0. The summed E-state index contributed by atoms with van der Waals surface area (Å²) in [5, 5.41) is 3.57. The van der Waals surface area contributed by atoms with Crippen LogP contribution in [0.15, 0.2) is 0 Å². The van der Waals surface area contributed by atoms with Crippen molar-refractivity contribution < 1.29 is 4.74 Å². The van der Waals surface area contributed by atoms with Crippen molar-refractivity contribution in [1.82, 2.24) is 5.32 Å². The maximum Gasteiger partial charge on any atom is 0.0588 e. The minimum atomic E-state index is 0.552. The van der Waals surface area contributed by atoms with Crippen LogP contribution in [0.5, 0.6) is 0 Å². The summed E-state index contributed by atoms with van der Waals surface area (Å²) in [4.78, 5) is 0. The van der Waals surface area contributed by atoms with Crippen LogP contribution in [0.4, 0.5) is 0 Å². The number of rotatable bonds is 5. The summed E-state index contributed by atoms with van der Waals surface area (Å²) in [7, 11) is 0.